The molecular weight excluding hydrogens is 420 g/mol. The number of fused-ring (bicyclic) bond motifs is 4. The number of aromatic nitrogens is 6. The van der Waals surface area contributed by atoms with Crippen LogP contribution in [0.1, 0.15) is 37.2 Å². The minimum absolute atomic E-state index is 0.367. The van der Waals surface area contributed by atoms with Crippen molar-refractivity contribution in [3.8, 4) is 22.9 Å². The molecule has 5 rings (SSSR count). The predicted molar refractivity (Wildman–Crippen MR) is 126 cm³/mol. The lowest BCUT2D eigenvalue weighted by Crippen LogP contribution is -2.27. The molecule has 3 aromatic heterocycles. The molecule has 0 amide bonds. The third kappa shape index (κ3) is 4.11. The van der Waals surface area contributed by atoms with Gasteiger partial charge in [-0.3, -0.25) is 9.78 Å². The Balaban J connectivity index is 1.61. The van der Waals surface area contributed by atoms with Crippen molar-refractivity contribution in [2.24, 2.45) is 7.05 Å². The zero-order chi connectivity index (χ0) is 23.2. The highest BCUT2D eigenvalue weighted by Gasteiger charge is 2.21. The summed E-state index contributed by atoms with van der Waals surface area (Å²) >= 11 is 0. The fraction of sp³-hybridized carbons (Fsp3) is 0.375. The Morgan fingerprint density at radius 3 is 2.82 bits per heavy atom. The monoisotopic (exact) mass is 448 g/mol. The van der Waals surface area contributed by atoms with Crippen molar-refractivity contribution in [2.75, 3.05) is 13.2 Å². The van der Waals surface area contributed by atoms with E-state index in [1.165, 1.54) is 0 Å². The lowest BCUT2D eigenvalue weighted by atomic mass is 10.1. The number of nitrogens with one attached hydrogen (secondary N) is 1. The Bertz CT molecular complexity index is 1340. The molecule has 1 aliphatic rings. The van der Waals surface area contributed by atoms with Crippen LogP contribution in [0, 0.1) is 6.92 Å². The second-order valence-corrected chi connectivity index (χ2v) is 9.01. The van der Waals surface area contributed by atoms with E-state index in [1.807, 2.05) is 44.5 Å². The highest BCUT2D eigenvalue weighted by atomic mass is 16.5. The zero-order valence-corrected chi connectivity index (χ0v) is 19.3. The average molecular weight is 449 g/mol. The van der Waals surface area contributed by atoms with Crippen molar-refractivity contribution < 1.29 is 14.6 Å². The number of nitrogens with zero attached hydrogens (tertiary/aromatic N) is 5. The summed E-state index contributed by atoms with van der Waals surface area (Å²) < 4.78 is 15.7. The van der Waals surface area contributed by atoms with E-state index in [0.29, 0.717) is 32.1 Å². The quantitative estimate of drug-likeness (QED) is 0.486. The van der Waals surface area contributed by atoms with Crippen LogP contribution < -0.4 is 9.47 Å². The molecule has 0 fully saturated rings. The van der Waals surface area contributed by atoms with E-state index in [-0.39, 0.29) is 0 Å². The summed E-state index contributed by atoms with van der Waals surface area (Å²) in [5.41, 5.74) is 4.62. The molecule has 0 aliphatic carbocycles. The Morgan fingerprint density at radius 2 is 2.00 bits per heavy atom. The standard InChI is InChI=1S/C24H28N6O3/c1-15-17-7-9-21-18-12-16(6-8-20(18)26-27-21)19-13-25-29(4)23(19)33-11-5-10-32-22(17)28-30(15)14-24(2,3)31/h6-9,12-13,31H,5,10-11,14H2,1-4H3,(H,26,27)/b9-7+. The molecule has 9 nitrogen and oxygen atoms in total. The van der Waals surface area contributed by atoms with Gasteiger partial charge < -0.3 is 14.6 Å². The van der Waals surface area contributed by atoms with E-state index in [1.54, 1.807) is 23.2 Å². The second-order valence-electron chi connectivity index (χ2n) is 9.01. The maximum absolute atomic E-state index is 10.3. The average Bonchev–Trinajstić information content (AvgIpc) is 3.41. The van der Waals surface area contributed by atoms with Crippen LogP contribution >= 0.6 is 0 Å². The van der Waals surface area contributed by atoms with Gasteiger partial charge in [-0.25, -0.2) is 4.68 Å². The van der Waals surface area contributed by atoms with E-state index >= 15 is 0 Å². The van der Waals surface area contributed by atoms with Crippen molar-refractivity contribution in [1.82, 2.24) is 29.8 Å². The highest BCUT2D eigenvalue weighted by Crippen LogP contribution is 2.33. The van der Waals surface area contributed by atoms with Gasteiger partial charge in [-0.2, -0.15) is 10.2 Å². The maximum Gasteiger partial charge on any atom is 0.240 e. The van der Waals surface area contributed by atoms with E-state index in [4.69, 9.17) is 9.47 Å². The number of aromatic amines is 1. The molecule has 0 saturated heterocycles. The summed E-state index contributed by atoms with van der Waals surface area (Å²) in [5.74, 6) is 1.25. The molecule has 0 atom stereocenters. The van der Waals surface area contributed by atoms with Crippen LogP contribution in [0.3, 0.4) is 0 Å². The highest BCUT2D eigenvalue weighted by molar-refractivity contribution is 5.93. The van der Waals surface area contributed by atoms with Crippen LogP contribution in [-0.2, 0) is 13.6 Å². The van der Waals surface area contributed by atoms with E-state index in [0.717, 1.165) is 44.9 Å². The number of aliphatic hydroxyl groups is 1. The molecule has 4 aromatic rings. The van der Waals surface area contributed by atoms with Crippen LogP contribution in [0.5, 0.6) is 11.8 Å². The molecule has 33 heavy (non-hydrogen) atoms. The van der Waals surface area contributed by atoms with Crippen molar-refractivity contribution in [1.29, 1.82) is 0 Å². The summed E-state index contributed by atoms with van der Waals surface area (Å²) in [4.78, 5) is 0. The van der Waals surface area contributed by atoms with Gasteiger partial charge >= 0.3 is 0 Å². The van der Waals surface area contributed by atoms with Crippen LogP contribution in [0.2, 0.25) is 0 Å². The van der Waals surface area contributed by atoms with Gasteiger partial charge in [-0.15, -0.1) is 5.10 Å². The zero-order valence-electron chi connectivity index (χ0n) is 19.3. The molecule has 1 aromatic carbocycles. The van der Waals surface area contributed by atoms with Gasteiger partial charge in [0, 0.05) is 24.5 Å². The third-order valence-electron chi connectivity index (χ3n) is 5.72. The van der Waals surface area contributed by atoms with Crippen molar-refractivity contribution in [3.63, 3.8) is 0 Å². The minimum atomic E-state index is -0.892. The Morgan fingerprint density at radius 1 is 1.18 bits per heavy atom. The molecular formula is C24H28N6O3. The van der Waals surface area contributed by atoms with E-state index in [2.05, 4.69) is 26.5 Å². The van der Waals surface area contributed by atoms with Crippen LogP contribution in [0.25, 0.3) is 34.2 Å². The molecule has 172 valence electrons. The number of hydrogen-bond acceptors (Lipinski definition) is 6. The SMILES string of the molecule is Cc1c2c(nn1CC(C)(C)O)OCCCOc1c(cnn1C)-c1ccc3n[nH]c(c3c1)/C=C/2. The Kier molecular flexibility index (Phi) is 5.20. The first kappa shape index (κ1) is 21.3. The molecule has 9 heteroatoms. The summed E-state index contributed by atoms with van der Waals surface area (Å²) in [6.45, 7) is 6.82. The van der Waals surface area contributed by atoms with Gasteiger partial charge in [-0.05, 0) is 50.6 Å². The number of aryl methyl sites for hydroxylation is 1. The number of H-pyrrole nitrogens is 1. The molecule has 0 saturated carbocycles. The fourth-order valence-corrected chi connectivity index (χ4v) is 4.03. The van der Waals surface area contributed by atoms with E-state index < -0.39 is 5.60 Å². The first-order valence-corrected chi connectivity index (χ1v) is 11.0. The number of rotatable bonds is 2. The second kappa shape index (κ2) is 8.08. The van der Waals surface area contributed by atoms with Gasteiger partial charge in [0.25, 0.3) is 0 Å². The van der Waals surface area contributed by atoms with Gasteiger partial charge in [0.15, 0.2) is 0 Å². The summed E-state index contributed by atoms with van der Waals surface area (Å²) in [5, 5.41) is 27.9. The van der Waals surface area contributed by atoms with Crippen LogP contribution in [-0.4, -0.2) is 53.7 Å². The van der Waals surface area contributed by atoms with Crippen LogP contribution in [0.4, 0.5) is 0 Å². The minimum Gasteiger partial charge on any atom is -0.477 e. The van der Waals surface area contributed by atoms with Gasteiger partial charge in [0.1, 0.15) is 0 Å². The van der Waals surface area contributed by atoms with Crippen molar-refractivity contribution in [3.05, 3.63) is 41.3 Å². The van der Waals surface area contributed by atoms with Gasteiger partial charge in [0.2, 0.25) is 11.8 Å². The van der Waals surface area contributed by atoms with Gasteiger partial charge in [-0.1, -0.05) is 6.07 Å². The predicted octanol–water partition coefficient (Wildman–Crippen LogP) is 3.57. The normalized spacial score (nSPS) is 15.3. The topological polar surface area (TPSA) is 103 Å². The third-order valence-corrected chi connectivity index (χ3v) is 5.72. The summed E-state index contributed by atoms with van der Waals surface area (Å²) in [6.07, 6.45) is 6.49. The maximum atomic E-state index is 10.3. The Labute approximate surface area is 191 Å². The van der Waals surface area contributed by atoms with Gasteiger partial charge in [0.05, 0.1) is 53.9 Å². The Hall–Kier alpha value is -3.59. The van der Waals surface area contributed by atoms with Crippen molar-refractivity contribution >= 4 is 23.1 Å². The number of hydrogen-bond donors (Lipinski definition) is 2. The molecule has 2 bridgehead atoms. The first-order valence-electron chi connectivity index (χ1n) is 11.0. The largest absolute Gasteiger partial charge is 0.477 e. The molecule has 0 radical (unpaired) electrons. The molecule has 4 heterocycles. The lowest BCUT2D eigenvalue weighted by Gasteiger charge is -2.17. The van der Waals surface area contributed by atoms with Crippen LogP contribution in [0.15, 0.2) is 24.4 Å². The molecule has 0 unspecified atom stereocenters. The number of ether oxygens (including phenoxy) is 2. The summed E-state index contributed by atoms with van der Waals surface area (Å²) in [7, 11) is 1.87. The number of benzene rings is 1. The fourth-order valence-electron chi connectivity index (χ4n) is 4.03. The first-order chi connectivity index (χ1) is 15.8. The smallest absolute Gasteiger partial charge is 0.240 e. The summed E-state index contributed by atoms with van der Waals surface area (Å²) in [6, 6.07) is 6.13. The molecule has 2 N–H and O–H groups in total. The lowest BCUT2D eigenvalue weighted by molar-refractivity contribution is 0.0566. The molecule has 1 aliphatic heterocycles. The van der Waals surface area contributed by atoms with E-state index in [9.17, 15) is 5.11 Å². The van der Waals surface area contributed by atoms with Crippen molar-refractivity contribution in [2.45, 2.75) is 39.3 Å². The molecule has 0 spiro atoms.